The van der Waals surface area contributed by atoms with Crippen LogP contribution in [-0.4, -0.2) is 0 Å². The van der Waals surface area contributed by atoms with Crippen molar-refractivity contribution in [2.75, 3.05) is 0 Å². The van der Waals surface area contributed by atoms with Crippen molar-refractivity contribution in [1.29, 1.82) is 0 Å². The zero-order valence-corrected chi connectivity index (χ0v) is 16.6. The molecule has 2 aliphatic carbocycles. The van der Waals surface area contributed by atoms with Crippen molar-refractivity contribution >= 4 is 0 Å². The van der Waals surface area contributed by atoms with Gasteiger partial charge in [-0.15, -0.1) is 0 Å². The maximum atomic E-state index is 13.8. The minimum atomic E-state index is -5.00. The first kappa shape index (κ1) is 21.6. The summed E-state index contributed by atoms with van der Waals surface area (Å²) in [6, 6.07) is 1.74. The van der Waals surface area contributed by atoms with Crippen molar-refractivity contribution in [3.63, 3.8) is 0 Å². The van der Waals surface area contributed by atoms with E-state index in [4.69, 9.17) is 0 Å². The van der Waals surface area contributed by atoms with Gasteiger partial charge in [0, 0.05) is 0 Å². The fourth-order valence-corrected chi connectivity index (χ4v) is 5.57. The average molecular weight is 402 g/mol. The lowest BCUT2D eigenvalue weighted by molar-refractivity contribution is -0.142. The Morgan fingerprint density at radius 1 is 0.786 bits per heavy atom. The van der Waals surface area contributed by atoms with Crippen molar-refractivity contribution < 1.29 is 22.0 Å². The standard InChI is InChI=1S/C23H31F5/c1-2-3-15-4-8-18(9-5-15)19-10-6-16(7-11-19)12-17-13-20(24)22(21(25)14-17)23(26,27)28/h13-16,18-19H,2-12H2,1H3. The largest absolute Gasteiger partial charge is 0.422 e. The van der Waals surface area contributed by atoms with Crippen LogP contribution in [-0.2, 0) is 12.6 Å². The van der Waals surface area contributed by atoms with E-state index in [1.165, 1.54) is 38.5 Å². The van der Waals surface area contributed by atoms with Crippen molar-refractivity contribution in [3.8, 4) is 0 Å². The van der Waals surface area contributed by atoms with Gasteiger partial charge in [-0.3, -0.25) is 0 Å². The number of alkyl halides is 3. The van der Waals surface area contributed by atoms with Crippen LogP contribution in [0, 0.1) is 35.3 Å². The molecule has 0 atom stereocenters. The molecular weight excluding hydrogens is 371 g/mol. The predicted octanol–water partition coefficient (Wildman–Crippen LogP) is 7.94. The second kappa shape index (κ2) is 9.13. The van der Waals surface area contributed by atoms with Gasteiger partial charge in [0.05, 0.1) is 0 Å². The van der Waals surface area contributed by atoms with Crippen molar-refractivity contribution in [2.45, 2.75) is 83.7 Å². The van der Waals surface area contributed by atoms with E-state index in [2.05, 4.69) is 6.92 Å². The van der Waals surface area contributed by atoms with Crippen LogP contribution < -0.4 is 0 Å². The van der Waals surface area contributed by atoms with Gasteiger partial charge in [0.25, 0.3) is 0 Å². The molecule has 0 aliphatic heterocycles. The van der Waals surface area contributed by atoms with Crippen LogP contribution in [0.2, 0.25) is 0 Å². The number of benzene rings is 1. The highest BCUT2D eigenvalue weighted by Gasteiger charge is 2.38. The van der Waals surface area contributed by atoms with Crippen LogP contribution >= 0.6 is 0 Å². The highest BCUT2D eigenvalue weighted by atomic mass is 19.4. The van der Waals surface area contributed by atoms with Gasteiger partial charge >= 0.3 is 6.18 Å². The van der Waals surface area contributed by atoms with Gasteiger partial charge in [-0.25, -0.2) is 8.78 Å². The van der Waals surface area contributed by atoms with Gasteiger partial charge in [0.15, 0.2) is 0 Å². The summed E-state index contributed by atoms with van der Waals surface area (Å²) in [7, 11) is 0. The Kier molecular flexibility index (Phi) is 7.03. The van der Waals surface area contributed by atoms with Gasteiger partial charge in [0.2, 0.25) is 0 Å². The summed E-state index contributed by atoms with van der Waals surface area (Å²) in [5.74, 6) is -0.222. The third kappa shape index (κ3) is 5.27. The maximum absolute atomic E-state index is 13.8. The predicted molar refractivity (Wildman–Crippen MR) is 101 cm³/mol. The minimum Gasteiger partial charge on any atom is -0.206 e. The van der Waals surface area contributed by atoms with Gasteiger partial charge in [0.1, 0.15) is 17.2 Å². The number of hydrogen-bond acceptors (Lipinski definition) is 0. The highest BCUT2D eigenvalue weighted by molar-refractivity contribution is 5.28. The molecule has 0 aromatic heterocycles. The van der Waals surface area contributed by atoms with Crippen LogP contribution in [0.15, 0.2) is 12.1 Å². The molecule has 158 valence electrons. The SMILES string of the molecule is CCCC1CCC(C2CCC(Cc3cc(F)c(C(F)(F)F)c(F)c3)CC2)CC1. The number of halogens is 5. The quantitative estimate of drug-likeness (QED) is 0.439. The molecule has 1 aromatic carbocycles. The third-order valence-corrected chi connectivity index (χ3v) is 7.06. The van der Waals surface area contributed by atoms with Crippen LogP contribution in [0.3, 0.4) is 0 Å². The molecule has 2 saturated carbocycles. The zero-order valence-electron chi connectivity index (χ0n) is 16.6. The van der Waals surface area contributed by atoms with Crippen molar-refractivity contribution in [3.05, 3.63) is 34.9 Å². The lowest BCUT2D eigenvalue weighted by Gasteiger charge is -2.38. The normalized spacial score (nSPS) is 29.1. The van der Waals surface area contributed by atoms with Gasteiger partial charge < -0.3 is 0 Å². The van der Waals surface area contributed by atoms with E-state index < -0.39 is 23.4 Å². The summed E-state index contributed by atoms with van der Waals surface area (Å²) < 4.78 is 65.7. The summed E-state index contributed by atoms with van der Waals surface area (Å²) in [4.78, 5) is 0. The lowest BCUT2D eigenvalue weighted by Crippen LogP contribution is -2.26. The van der Waals surface area contributed by atoms with Crippen LogP contribution in [0.1, 0.15) is 82.3 Å². The Hall–Kier alpha value is -1.13. The third-order valence-electron chi connectivity index (χ3n) is 7.06. The fourth-order valence-electron chi connectivity index (χ4n) is 5.57. The molecule has 28 heavy (non-hydrogen) atoms. The van der Waals surface area contributed by atoms with Gasteiger partial charge in [-0.2, -0.15) is 13.2 Å². The molecule has 0 radical (unpaired) electrons. The second-order valence-corrected chi connectivity index (χ2v) is 8.99. The fraction of sp³-hybridized carbons (Fsp3) is 0.739. The summed E-state index contributed by atoms with van der Waals surface area (Å²) in [5.41, 5.74) is -1.44. The topological polar surface area (TPSA) is 0 Å². The molecule has 2 fully saturated rings. The van der Waals surface area contributed by atoms with E-state index in [1.807, 2.05) is 0 Å². The molecule has 0 unspecified atom stereocenters. The monoisotopic (exact) mass is 402 g/mol. The summed E-state index contributed by atoms with van der Waals surface area (Å²) in [6.45, 7) is 2.25. The first-order chi connectivity index (χ1) is 13.3. The van der Waals surface area contributed by atoms with Crippen molar-refractivity contribution in [1.82, 2.24) is 0 Å². The van der Waals surface area contributed by atoms with Gasteiger partial charge in [-0.05, 0) is 86.3 Å². The maximum Gasteiger partial charge on any atom is 0.422 e. The Balaban J connectivity index is 1.51. The van der Waals surface area contributed by atoms with Crippen LogP contribution in [0.4, 0.5) is 22.0 Å². The first-order valence-electron chi connectivity index (χ1n) is 10.8. The minimum absolute atomic E-state index is 0.309. The van der Waals surface area contributed by atoms with E-state index in [9.17, 15) is 22.0 Å². The smallest absolute Gasteiger partial charge is 0.206 e. The summed E-state index contributed by atoms with van der Waals surface area (Å²) in [5, 5.41) is 0. The number of hydrogen-bond donors (Lipinski definition) is 0. The Bertz CT molecular complexity index is 612. The molecular formula is C23H31F5. The molecule has 0 spiro atoms. The second-order valence-electron chi connectivity index (χ2n) is 8.99. The average Bonchev–Trinajstić information content (AvgIpc) is 2.61. The molecule has 0 N–H and O–H groups in total. The molecule has 0 amide bonds. The summed E-state index contributed by atoms with van der Waals surface area (Å²) in [6.07, 6.45) is 7.72. The van der Waals surface area contributed by atoms with Crippen LogP contribution in [0.25, 0.3) is 0 Å². The highest BCUT2D eigenvalue weighted by Crippen LogP contribution is 2.43. The Labute approximate surface area is 164 Å². The first-order valence-corrected chi connectivity index (χ1v) is 10.8. The van der Waals surface area contributed by atoms with E-state index in [0.29, 0.717) is 17.9 Å². The van der Waals surface area contributed by atoms with Gasteiger partial charge in [-0.1, -0.05) is 32.6 Å². The number of rotatable bonds is 5. The van der Waals surface area contributed by atoms with E-state index in [1.54, 1.807) is 0 Å². The zero-order chi connectivity index (χ0) is 20.3. The molecule has 0 bridgehead atoms. The molecule has 0 nitrogen and oxygen atoms in total. The van der Waals surface area contributed by atoms with Crippen molar-refractivity contribution in [2.24, 2.45) is 23.7 Å². The molecule has 0 saturated heterocycles. The Morgan fingerprint density at radius 2 is 1.25 bits per heavy atom. The van der Waals surface area contributed by atoms with E-state index >= 15 is 0 Å². The Morgan fingerprint density at radius 3 is 1.68 bits per heavy atom. The molecule has 2 aliphatic rings. The lowest BCUT2D eigenvalue weighted by atomic mass is 9.68. The van der Waals surface area contributed by atoms with Crippen LogP contribution in [0.5, 0.6) is 0 Å². The molecule has 0 heterocycles. The molecule has 3 rings (SSSR count). The molecule has 1 aromatic rings. The molecule has 5 heteroatoms. The van der Waals surface area contributed by atoms with E-state index in [-0.39, 0.29) is 0 Å². The summed E-state index contributed by atoms with van der Waals surface area (Å²) >= 11 is 0. The van der Waals surface area contributed by atoms with E-state index in [0.717, 1.165) is 55.6 Å².